The van der Waals surface area contributed by atoms with E-state index in [0.717, 1.165) is 25.8 Å². The Hall–Kier alpha value is -0.810. The Morgan fingerprint density at radius 1 is 1.37 bits per heavy atom. The van der Waals surface area contributed by atoms with E-state index >= 15 is 0 Å². The van der Waals surface area contributed by atoms with E-state index in [1.54, 1.807) is 4.90 Å². The number of amides is 1. The molecule has 0 radical (unpaired) electrons. The summed E-state index contributed by atoms with van der Waals surface area (Å²) in [5.74, 6) is 0. The number of carbonyl (C=O) groups excluding carboxylic acids is 1. The van der Waals surface area contributed by atoms with E-state index in [9.17, 15) is 9.90 Å². The molecule has 0 saturated carbocycles. The van der Waals surface area contributed by atoms with Crippen LogP contribution in [-0.4, -0.2) is 64.9 Å². The molecular formula is C14H26N2O3. The van der Waals surface area contributed by atoms with Gasteiger partial charge in [0.1, 0.15) is 5.60 Å². The topological polar surface area (TPSA) is 53.0 Å². The Labute approximate surface area is 115 Å². The van der Waals surface area contributed by atoms with Crippen LogP contribution in [0.1, 0.15) is 40.0 Å². The molecule has 2 fully saturated rings. The summed E-state index contributed by atoms with van der Waals surface area (Å²) in [6.45, 7) is 7.92. The lowest BCUT2D eigenvalue weighted by Crippen LogP contribution is -2.55. The summed E-state index contributed by atoms with van der Waals surface area (Å²) in [6.07, 6.45) is 2.01. The summed E-state index contributed by atoms with van der Waals surface area (Å²) >= 11 is 0. The molecule has 2 saturated heterocycles. The third-order valence-electron chi connectivity index (χ3n) is 4.21. The number of nitrogens with zero attached hydrogens (tertiary/aromatic N) is 2. The zero-order valence-corrected chi connectivity index (χ0v) is 12.5. The molecule has 19 heavy (non-hydrogen) atoms. The van der Waals surface area contributed by atoms with Gasteiger partial charge in [-0.25, -0.2) is 4.79 Å². The van der Waals surface area contributed by atoms with E-state index in [0.29, 0.717) is 13.1 Å². The minimum absolute atomic E-state index is 0.0609. The number of aliphatic hydroxyl groups excluding tert-OH is 1. The number of carbonyl (C=O) groups is 1. The molecule has 0 aliphatic carbocycles. The summed E-state index contributed by atoms with van der Waals surface area (Å²) < 4.78 is 5.42. The highest BCUT2D eigenvalue weighted by atomic mass is 16.6. The zero-order valence-electron chi connectivity index (χ0n) is 12.5. The lowest BCUT2D eigenvalue weighted by molar-refractivity contribution is -0.00728. The first-order valence-electron chi connectivity index (χ1n) is 7.09. The fourth-order valence-electron chi connectivity index (χ4n) is 3.09. The number of aliphatic hydroxyl groups is 1. The van der Waals surface area contributed by atoms with Gasteiger partial charge in [0.05, 0.1) is 6.10 Å². The maximum Gasteiger partial charge on any atom is 0.410 e. The Bertz CT molecular complexity index is 353. The van der Waals surface area contributed by atoms with Gasteiger partial charge >= 0.3 is 6.09 Å². The van der Waals surface area contributed by atoms with Crippen LogP contribution in [-0.2, 0) is 4.74 Å². The molecule has 2 rings (SSSR count). The predicted octanol–water partition coefficient (Wildman–Crippen LogP) is 1.45. The monoisotopic (exact) mass is 270 g/mol. The molecule has 2 heterocycles. The maximum atomic E-state index is 12.1. The van der Waals surface area contributed by atoms with Gasteiger partial charge in [0.2, 0.25) is 0 Å². The normalized spacial score (nSPS) is 32.9. The summed E-state index contributed by atoms with van der Waals surface area (Å²) in [5, 5.41) is 9.90. The van der Waals surface area contributed by atoms with Crippen molar-refractivity contribution >= 4 is 6.09 Å². The van der Waals surface area contributed by atoms with Crippen LogP contribution in [0.2, 0.25) is 0 Å². The highest BCUT2D eigenvalue weighted by molar-refractivity contribution is 5.68. The van der Waals surface area contributed by atoms with Crippen LogP contribution < -0.4 is 0 Å². The Morgan fingerprint density at radius 2 is 2.05 bits per heavy atom. The summed E-state index contributed by atoms with van der Waals surface area (Å²) in [7, 11) is 2.09. The van der Waals surface area contributed by atoms with Crippen molar-refractivity contribution in [1.82, 2.24) is 9.80 Å². The minimum Gasteiger partial charge on any atom is -0.444 e. The SMILES string of the molecule is CN1CCC(O)CC12CCN(C(=O)OC(C)(C)C)C2. The van der Waals surface area contributed by atoms with E-state index in [2.05, 4.69) is 11.9 Å². The van der Waals surface area contributed by atoms with Crippen LogP contribution in [0.25, 0.3) is 0 Å². The molecular weight excluding hydrogens is 244 g/mol. The van der Waals surface area contributed by atoms with Crippen LogP contribution in [0.3, 0.4) is 0 Å². The van der Waals surface area contributed by atoms with Crippen molar-refractivity contribution in [1.29, 1.82) is 0 Å². The highest BCUT2D eigenvalue weighted by Gasteiger charge is 2.47. The van der Waals surface area contributed by atoms with Crippen molar-refractivity contribution in [2.24, 2.45) is 0 Å². The fourth-order valence-corrected chi connectivity index (χ4v) is 3.09. The Kier molecular flexibility index (Phi) is 3.80. The van der Waals surface area contributed by atoms with Crippen molar-refractivity contribution in [3.8, 4) is 0 Å². The fraction of sp³-hybridized carbons (Fsp3) is 0.929. The van der Waals surface area contributed by atoms with Crippen molar-refractivity contribution in [2.45, 2.75) is 57.3 Å². The molecule has 2 atom stereocenters. The van der Waals surface area contributed by atoms with Gasteiger partial charge in [-0.2, -0.15) is 0 Å². The Morgan fingerprint density at radius 3 is 2.68 bits per heavy atom. The maximum absolute atomic E-state index is 12.1. The molecule has 1 amide bonds. The molecule has 0 aromatic heterocycles. The second-order valence-electron chi connectivity index (χ2n) is 6.94. The van der Waals surface area contributed by atoms with Gasteiger partial charge < -0.3 is 14.7 Å². The van der Waals surface area contributed by atoms with Gasteiger partial charge in [-0.15, -0.1) is 0 Å². The van der Waals surface area contributed by atoms with E-state index in [1.165, 1.54) is 0 Å². The van der Waals surface area contributed by atoms with E-state index in [4.69, 9.17) is 4.74 Å². The molecule has 2 aliphatic rings. The number of piperidine rings is 1. The first-order valence-corrected chi connectivity index (χ1v) is 7.09. The molecule has 1 N–H and O–H groups in total. The Balaban J connectivity index is 2.00. The average molecular weight is 270 g/mol. The number of hydrogen-bond acceptors (Lipinski definition) is 4. The number of likely N-dealkylation sites (tertiary alicyclic amines) is 2. The van der Waals surface area contributed by atoms with E-state index in [1.807, 2.05) is 20.8 Å². The molecule has 5 heteroatoms. The second kappa shape index (κ2) is 4.94. The van der Waals surface area contributed by atoms with Gasteiger partial charge in [-0.05, 0) is 47.1 Å². The molecule has 5 nitrogen and oxygen atoms in total. The van der Waals surface area contributed by atoms with Crippen molar-refractivity contribution in [3.05, 3.63) is 0 Å². The molecule has 0 aromatic carbocycles. The van der Waals surface area contributed by atoms with Crippen LogP contribution in [0.4, 0.5) is 4.79 Å². The molecule has 2 aliphatic heterocycles. The van der Waals surface area contributed by atoms with Crippen molar-refractivity contribution in [2.75, 3.05) is 26.7 Å². The highest BCUT2D eigenvalue weighted by Crippen LogP contribution is 2.36. The first-order chi connectivity index (χ1) is 8.72. The number of likely N-dealkylation sites (N-methyl/N-ethyl adjacent to an activating group) is 1. The standard InChI is InChI=1S/C14H26N2O3/c1-13(2,3)19-12(18)16-8-6-14(10-16)9-11(17)5-7-15(14)4/h11,17H,5-10H2,1-4H3. The smallest absolute Gasteiger partial charge is 0.410 e. The lowest BCUT2D eigenvalue weighted by Gasteiger charge is -2.44. The van der Waals surface area contributed by atoms with Crippen molar-refractivity contribution < 1.29 is 14.6 Å². The van der Waals surface area contributed by atoms with Gasteiger partial charge in [0, 0.05) is 25.2 Å². The van der Waals surface area contributed by atoms with E-state index in [-0.39, 0.29) is 17.7 Å². The minimum atomic E-state index is -0.454. The molecule has 1 spiro atoms. The number of rotatable bonds is 0. The number of hydrogen-bond donors (Lipinski definition) is 1. The molecule has 0 bridgehead atoms. The largest absolute Gasteiger partial charge is 0.444 e. The third kappa shape index (κ3) is 3.20. The summed E-state index contributed by atoms with van der Waals surface area (Å²) in [4.78, 5) is 16.2. The van der Waals surface area contributed by atoms with Gasteiger partial charge in [-0.3, -0.25) is 4.90 Å². The van der Waals surface area contributed by atoms with Gasteiger partial charge in [-0.1, -0.05) is 0 Å². The lowest BCUT2D eigenvalue weighted by atomic mass is 9.85. The van der Waals surface area contributed by atoms with Crippen molar-refractivity contribution in [3.63, 3.8) is 0 Å². The molecule has 110 valence electrons. The van der Waals surface area contributed by atoms with E-state index < -0.39 is 5.60 Å². The summed E-state index contributed by atoms with van der Waals surface area (Å²) in [6, 6.07) is 0. The first kappa shape index (κ1) is 14.6. The summed E-state index contributed by atoms with van der Waals surface area (Å²) in [5.41, 5.74) is -0.514. The number of ether oxygens (including phenoxy) is 1. The van der Waals surface area contributed by atoms with Crippen LogP contribution in [0.15, 0.2) is 0 Å². The predicted molar refractivity (Wildman–Crippen MR) is 73.0 cm³/mol. The zero-order chi connectivity index (χ0) is 14.3. The average Bonchev–Trinajstić information content (AvgIpc) is 2.67. The molecule has 0 aromatic rings. The van der Waals surface area contributed by atoms with Crippen LogP contribution >= 0.6 is 0 Å². The quantitative estimate of drug-likeness (QED) is 0.724. The third-order valence-corrected chi connectivity index (χ3v) is 4.21. The second-order valence-corrected chi connectivity index (χ2v) is 6.94. The van der Waals surface area contributed by atoms with Crippen LogP contribution in [0.5, 0.6) is 0 Å². The molecule has 2 unspecified atom stereocenters. The van der Waals surface area contributed by atoms with Gasteiger partial charge in [0.25, 0.3) is 0 Å². The van der Waals surface area contributed by atoms with Gasteiger partial charge in [0.15, 0.2) is 0 Å². The van der Waals surface area contributed by atoms with Crippen LogP contribution in [0, 0.1) is 0 Å².